The molecule has 0 fully saturated rings. The van der Waals surface area contributed by atoms with Gasteiger partial charge in [-0.3, -0.25) is 4.79 Å². The fraction of sp³-hybridized carbons (Fsp3) is 0.312. The lowest BCUT2D eigenvalue weighted by molar-refractivity contribution is -0.0498. The van der Waals surface area contributed by atoms with Gasteiger partial charge in [0.2, 0.25) is 0 Å². The zero-order valence-corrected chi connectivity index (χ0v) is 13.4. The van der Waals surface area contributed by atoms with Crippen LogP contribution in [0, 0.1) is 0 Å². The Bertz CT molecular complexity index is 642. The van der Waals surface area contributed by atoms with Crippen LogP contribution < -0.4 is 15.8 Å². The molecule has 4 nitrogen and oxygen atoms in total. The fourth-order valence-electron chi connectivity index (χ4n) is 1.92. The number of amides is 1. The molecule has 0 aliphatic carbocycles. The number of hydrogen-bond donors (Lipinski definition) is 2. The van der Waals surface area contributed by atoms with Gasteiger partial charge in [-0.05, 0) is 55.3 Å². The number of carbonyl (C=O) groups is 1. The second kappa shape index (κ2) is 8.03. The largest absolute Gasteiger partial charge is 0.435 e. The highest BCUT2D eigenvalue weighted by molar-refractivity contribution is 7.17. The third-order valence-electron chi connectivity index (χ3n) is 3.08. The summed E-state index contributed by atoms with van der Waals surface area (Å²) in [6.07, 6.45) is 0.718. The van der Waals surface area contributed by atoms with E-state index < -0.39 is 6.61 Å². The first kappa shape index (κ1) is 17.4. The Kier molecular flexibility index (Phi) is 6.06. The average Bonchev–Trinajstić information content (AvgIpc) is 2.97. The smallest absolute Gasteiger partial charge is 0.387 e. The van der Waals surface area contributed by atoms with Gasteiger partial charge in [-0.2, -0.15) is 8.78 Å². The van der Waals surface area contributed by atoms with Gasteiger partial charge in [0.05, 0.1) is 4.88 Å². The second-order valence-electron chi connectivity index (χ2n) is 5.09. The summed E-state index contributed by atoms with van der Waals surface area (Å²) in [6, 6.07) is 9.93. The number of halogens is 2. The van der Waals surface area contributed by atoms with E-state index in [0.717, 1.165) is 16.9 Å². The summed E-state index contributed by atoms with van der Waals surface area (Å²) in [7, 11) is 0. The topological polar surface area (TPSA) is 64.3 Å². The first-order valence-electron chi connectivity index (χ1n) is 7.14. The SMILES string of the molecule is CC(N)CCNC(=O)c1ccc(-c2ccc(OC(F)F)cc2)s1. The van der Waals surface area contributed by atoms with E-state index in [4.69, 9.17) is 5.73 Å². The predicted octanol–water partition coefficient (Wildman–Crippen LogP) is 3.48. The van der Waals surface area contributed by atoms with Gasteiger partial charge in [-0.1, -0.05) is 0 Å². The molecule has 7 heteroatoms. The Labute approximate surface area is 137 Å². The molecule has 0 radical (unpaired) electrons. The van der Waals surface area contributed by atoms with E-state index in [2.05, 4.69) is 10.1 Å². The Balaban J connectivity index is 1.99. The van der Waals surface area contributed by atoms with Crippen molar-refractivity contribution in [3.63, 3.8) is 0 Å². The molecule has 0 bridgehead atoms. The predicted molar refractivity (Wildman–Crippen MR) is 87.0 cm³/mol. The number of alkyl halides is 2. The van der Waals surface area contributed by atoms with Crippen LogP contribution >= 0.6 is 11.3 Å². The Morgan fingerprint density at radius 1 is 1.26 bits per heavy atom. The van der Waals surface area contributed by atoms with Crippen molar-refractivity contribution in [1.29, 1.82) is 0 Å². The molecule has 0 spiro atoms. The maximum Gasteiger partial charge on any atom is 0.387 e. The molecule has 0 saturated heterocycles. The van der Waals surface area contributed by atoms with Crippen molar-refractivity contribution in [1.82, 2.24) is 5.32 Å². The normalized spacial score (nSPS) is 12.2. The lowest BCUT2D eigenvalue weighted by Gasteiger charge is -2.06. The molecule has 0 aliphatic rings. The molecular weight excluding hydrogens is 322 g/mol. The number of ether oxygens (including phenoxy) is 1. The number of carbonyl (C=O) groups excluding carboxylic acids is 1. The molecule has 1 aromatic heterocycles. The van der Waals surface area contributed by atoms with E-state index in [1.807, 2.05) is 13.0 Å². The van der Waals surface area contributed by atoms with Crippen LogP contribution in [0.5, 0.6) is 5.75 Å². The zero-order chi connectivity index (χ0) is 16.8. The third kappa shape index (κ3) is 5.30. The van der Waals surface area contributed by atoms with Crippen molar-refractivity contribution in [3.05, 3.63) is 41.3 Å². The molecule has 0 aliphatic heterocycles. The summed E-state index contributed by atoms with van der Waals surface area (Å²) in [5.74, 6) is -0.0336. The first-order chi connectivity index (χ1) is 11.0. The summed E-state index contributed by atoms with van der Waals surface area (Å²) in [5.41, 5.74) is 6.47. The molecule has 3 N–H and O–H groups in total. The van der Waals surface area contributed by atoms with Crippen LogP contribution in [-0.2, 0) is 0 Å². The molecule has 2 aromatic rings. The van der Waals surface area contributed by atoms with Crippen molar-refractivity contribution in [2.75, 3.05) is 6.54 Å². The minimum Gasteiger partial charge on any atom is -0.435 e. The van der Waals surface area contributed by atoms with Crippen LogP contribution in [0.15, 0.2) is 36.4 Å². The zero-order valence-electron chi connectivity index (χ0n) is 12.6. The van der Waals surface area contributed by atoms with Crippen LogP contribution in [0.25, 0.3) is 10.4 Å². The highest BCUT2D eigenvalue weighted by atomic mass is 32.1. The lowest BCUT2D eigenvalue weighted by Crippen LogP contribution is -2.28. The van der Waals surface area contributed by atoms with Gasteiger partial charge in [0.25, 0.3) is 5.91 Å². The van der Waals surface area contributed by atoms with E-state index in [9.17, 15) is 13.6 Å². The number of nitrogens with one attached hydrogen (secondary N) is 1. The monoisotopic (exact) mass is 340 g/mol. The fourth-order valence-corrected chi connectivity index (χ4v) is 2.84. The minimum absolute atomic E-state index is 0.0446. The quantitative estimate of drug-likeness (QED) is 0.811. The van der Waals surface area contributed by atoms with Crippen molar-refractivity contribution >= 4 is 17.2 Å². The van der Waals surface area contributed by atoms with Crippen molar-refractivity contribution < 1.29 is 18.3 Å². The molecular formula is C16H18F2N2O2S. The second-order valence-corrected chi connectivity index (χ2v) is 6.17. The molecule has 0 saturated carbocycles. The van der Waals surface area contributed by atoms with E-state index in [1.165, 1.54) is 23.5 Å². The lowest BCUT2D eigenvalue weighted by atomic mass is 10.2. The molecule has 1 heterocycles. The number of nitrogens with two attached hydrogens (primary N) is 1. The van der Waals surface area contributed by atoms with E-state index in [0.29, 0.717) is 11.4 Å². The maximum atomic E-state index is 12.1. The van der Waals surface area contributed by atoms with Crippen molar-refractivity contribution in [2.24, 2.45) is 5.73 Å². The van der Waals surface area contributed by atoms with Crippen LogP contribution in [0.3, 0.4) is 0 Å². The van der Waals surface area contributed by atoms with E-state index in [1.54, 1.807) is 18.2 Å². The summed E-state index contributed by atoms with van der Waals surface area (Å²) in [5, 5.41) is 2.81. The molecule has 1 aromatic carbocycles. The van der Waals surface area contributed by atoms with Gasteiger partial charge in [-0.25, -0.2) is 0 Å². The third-order valence-corrected chi connectivity index (χ3v) is 4.21. The summed E-state index contributed by atoms with van der Waals surface area (Å²) in [6.45, 7) is -0.422. The Hall–Kier alpha value is -1.99. The van der Waals surface area contributed by atoms with Crippen molar-refractivity contribution in [3.8, 4) is 16.2 Å². The summed E-state index contributed by atoms with van der Waals surface area (Å²) in [4.78, 5) is 13.5. The number of rotatable bonds is 7. The molecule has 23 heavy (non-hydrogen) atoms. The molecule has 1 amide bonds. The average molecular weight is 340 g/mol. The number of benzene rings is 1. The number of thiophene rings is 1. The standard InChI is InChI=1S/C16H18F2N2O2S/c1-10(19)8-9-20-15(21)14-7-6-13(23-14)11-2-4-12(5-3-11)22-16(17)18/h2-7,10,16H,8-9,19H2,1H3,(H,20,21). The van der Waals surface area contributed by atoms with Crippen LogP contribution in [0.4, 0.5) is 8.78 Å². The van der Waals surface area contributed by atoms with E-state index in [-0.39, 0.29) is 17.7 Å². The molecule has 1 unspecified atom stereocenters. The van der Waals surface area contributed by atoms with Gasteiger partial charge < -0.3 is 15.8 Å². The maximum absolute atomic E-state index is 12.1. The Morgan fingerprint density at radius 2 is 1.96 bits per heavy atom. The van der Waals surface area contributed by atoms with Gasteiger partial charge in [-0.15, -0.1) is 11.3 Å². The first-order valence-corrected chi connectivity index (χ1v) is 7.96. The van der Waals surface area contributed by atoms with Gasteiger partial charge in [0, 0.05) is 17.5 Å². The van der Waals surface area contributed by atoms with E-state index >= 15 is 0 Å². The highest BCUT2D eigenvalue weighted by Crippen LogP contribution is 2.29. The molecule has 1 atom stereocenters. The van der Waals surface area contributed by atoms with Crippen LogP contribution in [0.1, 0.15) is 23.0 Å². The highest BCUT2D eigenvalue weighted by Gasteiger charge is 2.11. The van der Waals surface area contributed by atoms with Gasteiger partial charge in [0.15, 0.2) is 0 Å². The Morgan fingerprint density at radius 3 is 2.57 bits per heavy atom. The summed E-state index contributed by atoms with van der Waals surface area (Å²) < 4.78 is 28.5. The number of hydrogen-bond acceptors (Lipinski definition) is 4. The summed E-state index contributed by atoms with van der Waals surface area (Å²) >= 11 is 1.34. The molecule has 2 rings (SSSR count). The van der Waals surface area contributed by atoms with Crippen LogP contribution in [-0.4, -0.2) is 25.1 Å². The van der Waals surface area contributed by atoms with Gasteiger partial charge in [0.1, 0.15) is 5.75 Å². The van der Waals surface area contributed by atoms with Gasteiger partial charge >= 0.3 is 6.61 Å². The van der Waals surface area contributed by atoms with Crippen molar-refractivity contribution in [2.45, 2.75) is 26.0 Å². The van der Waals surface area contributed by atoms with Crippen LogP contribution in [0.2, 0.25) is 0 Å². The minimum atomic E-state index is -2.84. The molecule has 124 valence electrons.